The van der Waals surface area contributed by atoms with Crippen LogP contribution in [0.3, 0.4) is 0 Å². The SMILES string of the molecule is CC(C)N1CCC(CNS(=O)(=O)CBr)C1. The van der Waals surface area contributed by atoms with Crippen LogP contribution in [-0.4, -0.2) is 43.7 Å². The molecule has 1 atom stereocenters. The van der Waals surface area contributed by atoms with Crippen LogP contribution in [0.2, 0.25) is 0 Å². The van der Waals surface area contributed by atoms with E-state index >= 15 is 0 Å². The van der Waals surface area contributed by atoms with Crippen molar-refractivity contribution in [2.45, 2.75) is 26.3 Å². The van der Waals surface area contributed by atoms with Crippen molar-refractivity contribution < 1.29 is 8.42 Å². The molecule has 1 N–H and O–H groups in total. The van der Waals surface area contributed by atoms with Gasteiger partial charge in [-0.25, -0.2) is 13.1 Å². The molecule has 1 heterocycles. The van der Waals surface area contributed by atoms with E-state index in [1.807, 2.05) is 0 Å². The molecule has 0 aromatic rings. The molecular weight excluding hydrogens is 280 g/mol. The average molecular weight is 299 g/mol. The summed E-state index contributed by atoms with van der Waals surface area (Å²) in [5, 5.41) is 0. The Labute approximate surface area is 101 Å². The Hall–Kier alpha value is 0.350. The zero-order chi connectivity index (χ0) is 11.5. The minimum Gasteiger partial charge on any atom is -0.301 e. The highest BCUT2D eigenvalue weighted by Gasteiger charge is 2.24. The Bertz CT molecular complexity index is 292. The highest BCUT2D eigenvalue weighted by Crippen LogP contribution is 2.17. The molecule has 15 heavy (non-hydrogen) atoms. The van der Waals surface area contributed by atoms with E-state index in [4.69, 9.17) is 0 Å². The number of nitrogens with one attached hydrogen (secondary N) is 1. The van der Waals surface area contributed by atoms with Gasteiger partial charge in [0.1, 0.15) is 4.66 Å². The van der Waals surface area contributed by atoms with Gasteiger partial charge in [0.2, 0.25) is 10.0 Å². The highest BCUT2D eigenvalue weighted by molar-refractivity contribution is 9.10. The van der Waals surface area contributed by atoms with E-state index in [1.54, 1.807) is 0 Å². The van der Waals surface area contributed by atoms with E-state index in [0.717, 1.165) is 19.5 Å². The number of alkyl halides is 1. The zero-order valence-electron chi connectivity index (χ0n) is 9.24. The smallest absolute Gasteiger partial charge is 0.221 e. The van der Waals surface area contributed by atoms with Crippen LogP contribution < -0.4 is 4.72 Å². The maximum Gasteiger partial charge on any atom is 0.221 e. The topological polar surface area (TPSA) is 49.4 Å². The van der Waals surface area contributed by atoms with Crippen molar-refractivity contribution >= 4 is 26.0 Å². The normalized spacial score (nSPS) is 23.9. The highest BCUT2D eigenvalue weighted by atomic mass is 79.9. The third kappa shape index (κ3) is 4.38. The molecule has 1 rings (SSSR count). The van der Waals surface area contributed by atoms with Crippen molar-refractivity contribution in [3.05, 3.63) is 0 Å². The van der Waals surface area contributed by atoms with E-state index in [0.29, 0.717) is 18.5 Å². The number of hydrogen-bond donors (Lipinski definition) is 1. The maximum absolute atomic E-state index is 11.2. The molecule has 0 amide bonds. The molecule has 0 spiro atoms. The second-order valence-electron chi connectivity index (χ2n) is 4.32. The van der Waals surface area contributed by atoms with Gasteiger partial charge < -0.3 is 4.90 Å². The van der Waals surface area contributed by atoms with E-state index < -0.39 is 10.0 Å². The van der Waals surface area contributed by atoms with Crippen molar-refractivity contribution in [2.75, 3.05) is 24.3 Å². The fourth-order valence-electron chi connectivity index (χ4n) is 1.78. The second-order valence-corrected chi connectivity index (χ2v) is 7.43. The Morgan fingerprint density at radius 3 is 2.67 bits per heavy atom. The molecule has 0 radical (unpaired) electrons. The molecule has 1 saturated heterocycles. The van der Waals surface area contributed by atoms with Gasteiger partial charge in [-0.3, -0.25) is 0 Å². The number of halogens is 1. The Morgan fingerprint density at radius 2 is 2.20 bits per heavy atom. The molecule has 1 fully saturated rings. The van der Waals surface area contributed by atoms with Crippen LogP contribution in [0.25, 0.3) is 0 Å². The molecule has 1 aliphatic heterocycles. The molecule has 1 aliphatic rings. The number of nitrogens with zero attached hydrogens (tertiary/aromatic N) is 1. The van der Waals surface area contributed by atoms with Crippen molar-refractivity contribution in [3.63, 3.8) is 0 Å². The largest absolute Gasteiger partial charge is 0.301 e. The lowest BCUT2D eigenvalue weighted by molar-refractivity contribution is 0.265. The Kier molecular flexibility index (Phi) is 5.02. The van der Waals surface area contributed by atoms with Crippen LogP contribution in [0, 0.1) is 5.92 Å². The maximum atomic E-state index is 11.2. The molecule has 0 aliphatic carbocycles. The first-order valence-electron chi connectivity index (χ1n) is 5.22. The van der Waals surface area contributed by atoms with Gasteiger partial charge in [-0.1, -0.05) is 15.9 Å². The summed E-state index contributed by atoms with van der Waals surface area (Å²) in [7, 11) is -3.10. The number of likely N-dealkylation sites (tertiary alicyclic amines) is 1. The monoisotopic (exact) mass is 298 g/mol. The lowest BCUT2D eigenvalue weighted by Crippen LogP contribution is -2.33. The first-order valence-corrected chi connectivity index (χ1v) is 7.99. The van der Waals surface area contributed by atoms with E-state index in [-0.39, 0.29) is 4.66 Å². The van der Waals surface area contributed by atoms with Gasteiger partial charge in [-0.15, -0.1) is 0 Å². The lowest BCUT2D eigenvalue weighted by atomic mass is 10.1. The summed E-state index contributed by atoms with van der Waals surface area (Å²) >= 11 is 2.95. The van der Waals surface area contributed by atoms with E-state index in [2.05, 4.69) is 39.4 Å². The minimum absolute atomic E-state index is 0.0133. The lowest BCUT2D eigenvalue weighted by Gasteiger charge is -2.20. The average Bonchev–Trinajstić information content (AvgIpc) is 2.63. The molecule has 90 valence electrons. The van der Waals surface area contributed by atoms with Crippen molar-refractivity contribution in [3.8, 4) is 0 Å². The first-order chi connectivity index (χ1) is 6.94. The van der Waals surface area contributed by atoms with Crippen LogP contribution in [0.15, 0.2) is 0 Å². The minimum atomic E-state index is -3.10. The van der Waals surface area contributed by atoms with Crippen LogP contribution in [0.4, 0.5) is 0 Å². The van der Waals surface area contributed by atoms with Crippen LogP contribution >= 0.6 is 15.9 Å². The third-order valence-corrected chi connectivity index (χ3v) is 5.49. The quantitative estimate of drug-likeness (QED) is 0.770. The number of rotatable bonds is 5. The van der Waals surface area contributed by atoms with E-state index in [1.165, 1.54) is 0 Å². The predicted molar refractivity (Wildman–Crippen MR) is 65.5 cm³/mol. The van der Waals surface area contributed by atoms with Crippen molar-refractivity contribution in [1.29, 1.82) is 0 Å². The fraction of sp³-hybridized carbons (Fsp3) is 1.00. The summed E-state index contributed by atoms with van der Waals surface area (Å²) in [6.45, 7) is 6.99. The standard InChI is InChI=1S/C9H19BrN2O2S/c1-8(2)12-4-3-9(6-12)5-11-15(13,14)7-10/h8-9,11H,3-7H2,1-2H3. The van der Waals surface area contributed by atoms with Gasteiger partial charge in [0.15, 0.2) is 0 Å². The molecule has 6 heteroatoms. The molecule has 4 nitrogen and oxygen atoms in total. The molecule has 1 unspecified atom stereocenters. The molecular formula is C9H19BrN2O2S. The predicted octanol–water partition coefficient (Wildman–Crippen LogP) is 0.989. The molecule has 0 saturated carbocycles. The Morgan fingerprint density at radius 1 is 1.53 bits per heavy atom. The summed E-state index contributed by atoms with van der Waals surface area (Å²) in [6.07, 6.45) is 1.09. The Balaban J connectivity index is 2.31. The number of hydrogen-bond acceptors (Lipinski definition) is 3. The fourth-order valence-corrected chi connectivity index (χ4v) is 2.83. The van der Waals surface area contributed by atoms with Crippen molar-refractivity contribution in [2.24, 2.45) is 5.92 Å². The zero-order valence-corrected chi connectivity index (χ0v) is 11.6. The molecule has 0 aromatic heterocycles. The summed E-state index contributed by atoms with van der Waals surface area (Å²) < 4.78 is 25.0. The van der Waals surface area contributed by atoms with E-state index in [9.17, 15) is 8.42 Å². The van der Waals surface area contributed by atoms with Gasteiger partial charge >= 0.3 is 0 Å². The van der Waals surface area contributed by atoms with Crippen LogP contribution in [-0.2, 0) is 10.0 Å². The second kappa shape index (κ2) is 5.61. The van der Waals surface area contributed by atoms with Crippen LogP contribution in [0.5, 0.6) is 0 Å². The summed E-state index contributed by atoms with van der Waals surface area (Å²) in [5.41, 5.74) is 0. The van der Waals surface area contributed by atoms with Crippen molar-refractivity contribution in [1.82, 2.24) is 9.62 Å². The number of sulfonamides is 1. The van der Waals surface area contributed by atoms with Gasteiger partial charge in [0, 0.05) is 19.1 Å². The molecule has 0 aromatic carbocycles. The molecule has 0 bridgehead atoms. The summed E-state index contributed by atoms with van der Waals surface area (Å²) in [4.78, 5) is 2.38. The third-order valence-electron chi connectivity index (χ3n) is 2.78. The summed E-state index contributed by atoms with van der Waals surface area (Å²) in [5.74, 6) is 0.459. The first kappa shape index (κ1) is 13.4. The van der Waals surface area contributed by atoms with Gasteiger partial charge in [-0.2, -0.15) is 0 Å². The van der Waals surface area contributed by atoms with Gasteiger partial charge in [0.25, 0.3) is 0 Å². The van der Waals surface area contributed by atoms with Crippen LogP contribution in [0.1, 0.15) is 20.3 Å². The van der Waals surface area contributed by atoms with Gasteiger partial charge in [0.05, 0.1) is 0 Å². The van der Waals surface area contributed by atoms with Gasteiger partial charge in [-0.05, 0) is 32.7 Å². The summed E-state index contributed by atoms with van der Waals surface area (Å²) in [6, 6.07) is 0.558.